The molecule has 0 N–H and O–H groups in total. The SMILES string of the molecule is Cc1ncoc1-c1nnc(SCCCN2CC3CC[C@H](c4ccc(C(F)(F)F)cc4)C3C2)n1C. The number of aromatic nitrogens is 4. The summed E-state index contributed by atoms with van der Waals surface area (Å²) in [5.74, 6) is 3.81. The van der Waals surface area contributed by atoms with Gasteiger partial charge < -0.3 is 13.9 Å². The number of oxazole rings is 1. The van der Waals surface area contributed by atoms with Gasteiger partial charge in [0.25, 0.3) is 0 Å². The quantitative estimate of drug-likeness (QED) is 0.326. The molecule has 3 atom stereocenters. The minimum absolute atomic E-state index is 0.364. The molecule has 0 bridgehead atoms. The molecule has 2 unspecified atom stereocenters. The fraction of sp³-hybridized carbons (Fsp3) is 0.542. The minimum Gasteiger partial charge on any atom is -0.440 e. The van der Waals surface area contributed by atoms with E-state index in [2.05, 4.69) is 20.1 Å². The summed E-state index contributed by atoms with van der Waals surface area (Å²) >= 11 is 1.69. The molecule has 1 saturated carbocycles. The molecule has 6 nitrogen and oxygen atoms in total. The highest BCUT2D eigenvalue weighted by molar-refractivity contribution is 7.99. The first-order valence-corrected chi connectivity index (χ1v) is 12.6. The van der Waals surface area contributed by atoms with Crippen LogP contribution in [0.5, 0.6) is 0 Å². The molecule has 0 radical (unpaired) electrons. The van der Waals surface area contributed by atoms with Crippen LogP contribution in [0.1, 0.15) is 42.0 Å². The monoisotopic (exact) mass is 491 g/mol. The van der Waals surface area contributed by atoms with Gasteiger partial charge in [-0.3, -0.25) is 0 Å². The Bertz CT molecular complexity index is 1130. The summed E-state index contributed by atoms with van der Waals surface area (Å²) in [4.78, 5) is 6.64. The van der Waals surface area contributed by atoms with E-state index in [9.17, 15) is 13.2 Å². The summed E-state index contributed by atoms with van der Waals surface area (Å²) < 4.78 is 46.1. The van der Waals surface area contributed by atoms with Gasteiger partial charge in [-0.15, -0.1) is 10.2 Å². The van der Waals surface area contributed by atoms with Crippen LogP contribution in [0.15, 0.2) is 40.2 Å². The van der Waals surface area contributed by atoms with Gasteiger partial charge in [-0.25, -0.2) is 4.98 Å². The highest BCUT2D eigenvalue weighted by Crippen LogP contribution is 2.47. The number of thioether (sulfide) groups is 1. The maximum Gasteiger partial charge on any atom is 0.416 e. The third-order valence-electron chi connectivity index (χ3n) is 7.23. The van der Waals surface area contributed by atoms with Crippen LogP contribution in [-0.2, 0) is 13.2 Å². The van der Waals surface area contributed by atoms with Gasteiger partial charge in [-0.2, -0.15) is 13.2 Å². The van der Waals surface area contributed by atoms with E-state index in [0.29, 0.717) is 29.3 Å². The van der Waals surface area contributed by atoms with Crippen molar-refractivity contribution in [2.75, 3.05) is 25.4 Å². The average Bonchev–Trinajstić information content (AvgIpc) is 3.56. The maximum absolute atomic E-state index is 12.9. The molecular formula is C24H28F3N5OS. The Morgan fingerprint density at radius 2 is 1.91 bits per heavy atom. The number of alkyl halides is 3. The summed E-state index contributed by atoms with van der Waals surface area (Å²) in [6.07, 6.45) is 0.409. The highest BCUT2D eigenvalue weighted by atomic mass is 32.2. The molecule has 1 saturated heterocycles. The number of aryl methyl sites for hydroxylation is 1. The van der Waals surface area contributed by atoms with Crippen molar-refractivity contribution in [1.29, 1.82) is 0 Å². The van der Waals surface area contributed by atoms with Crippen molar-refractivity contribution in [2.45, 2.75) is 43.4 Å². The van der Waals surface area contributed by atoms with E-state index in [0.717, 1.165) is 61.1 Å². The molecular weight excluding hydrogens is 463 g/mol. The first kappa shape index (κ1) is 23.4. The summed E-state index contributed by atoms with van der Waals surface area (Å²) in [6, 6.07) is 5.83. The van der Waals surface area contributed by atoms with E-state index < -0.39 is 11.7 Å². The van der Waals surface area contributed by atoms with Gasteiger partial charge in [0.1, 0.15) is 0 Å². The van der Waals surface area contributed by atoms with E-state index in [4.69, 9.17) is 4.42 Å². The van der Waals surface area contributed by atoms with Crippen molar-refractivity contribution in [1.82, 2.24) is 24.6 Å². The maximum atomic E-state index is 12.9. The molecule has 2 fully saturated rings. The molecule has 0 amide bonds. The van der Waals surface area contributed by atoms with Crippen LogP contribution in [0, 0.1) is 18.8 Å². The molecule has 182 valence electrons. The fourth-order valence-corrected chi connectivity index (χ4v) is 6.31. The van der Waals surface area contributed by atoms with Gasteiger partial charge in [-0.05, 0) is 68.2 Å². The minimum atomic E-state index is -4.28. The van der Waals surface area contributed by atoms with Crippen molar-refractivity contribution >= 4 is 11.8 Å². The number of nitrogens with zero attached hydrogens (tertiary/aromatic N) is 5. The van der Waals surface area contributed by atoms with Crippen molar-refractivity contribution in [2.24, 2.45) is 18.9 Å². The third kappa shape index (κ3) is 4.62. The van der Waals surface area contributed by atoms with Crippen LogP contribution in [0.4, 0.5) is 13.2 Å². The topological polar surface area (TPSA) is 60.0 Å². The largest absolute Gasteiger partial charge is 0.440 e. The van der Waals surface area contributed by atoms with E-state index in [-0.39, 0.29) is 0 Å². The highest BCUT2D eigenvalue weighted by Gasteiger charge is 2.43. The first-order valence-electron chi connectivity index (χ1n) is 11.6. The average molecular weight is 492 g/mol. The standard InChI is InChI=1S/C24H28F3N5OS/c1-15-21(33-14-28-15)22-29-30-23(31(22)2)34-11-3-10-32-12-17-6-9-19(20(17)13-32)16-4-7-18(8-5-16)24(25,26)27/h4-5,7-8,14,17,19-20H,3,6,9-13H2,1-2H3/t17?,19-,20?/m1/s1. The van der Waals surface area contributed by atoms with Crippen molar-refractivity contribution < 1.29 is 17.6 Å². The second-order valence-corrected chi connectivity index (χ2v) is 10.4. The zero-order chi connectivity index (χ0) is 23.9. The van der Waals surface area contributed by atoms with Crippen LogP contribution in [0.2, 0.25) is 0 Å². The molecule has 0 spiro atoms. The normalized spacial score (nSPS) is 23.0. The number of benzene rings is 1. The van der Waals surface area contributed by atoms with Crippen molar-refractivity contribution in [3.05, 3.63) is 47.5 Å². The number of fused-ring (bicyclic) bond motifs is 1. The zero-order valence-corrected chi connectivity index (χ0v) is 20.1. The second kappa shape index (κ2) is 9.37. The molecule has 3 heterocycles. The second-order valence-electron chi connectivity index (χ2n) is 9.32. The number of hydrogen-bond acceptors (Lipinski definition) is 6. The van der Waals surface area contributed by atoms with Crippen LogP contribution in [0.3, 0.4) is 0 Å². The Kier molecular flexibility index (Phi) is 6.45. The molecule has 34 heavy (non-hydrogen) atoms. The van der Waals surface area contributed by atoms with E-state index in [1.54, 1.807) is 23.9 Å². The lowest BCUT2D eigenvalue weighted by Crippen LogP contribution is -2.24. The lowest BCUT2D eigenvalue weighted by Gasteiger charge is -2.21. The Labute approximate surface area is 200 Å². The molecule has 10 heteroatoms. The fourth-order valence-electron chi connectivity index (χ4n) is 5.48. The molecule has 1 aliphatic heterocycles. The first-order chi connectivity index (χ1) is 16.3. The van der Waals surface area contributed by atoms with Gasteiger partial charge in [0.05, 0.1) is 11.3 Å². The van der Waals surface area contributed by atoms with Crippen LogP contribution >= 0.6 is 11.8 Å². The molecule has 3 aromatic rings. The number of rotatable bonds is 7. The van der Waals surface area contributed by atoms with E-state index in [1.165, 1.54) is 18.5 Å². The molecule has 1 aromatic carbocycles. The summed E-state index contributed by atoms with van der Waals surface area (Å²) in [5, 5.41) is 9.41. The summed E-state index contributed by atoms with van der Waals surface area (Å²) in [6.45, 7) is 5.02. The Morgan fingerprint density at radius 1 is 1.12 bits per heavy atom. The van der Waals surface area contributed by atoms with Crippen LogP contribution in [0.25, 0.3) is 11.6 Å². The van der Waals surface area contributed by atoms with Crippen molar-refractivity contribution in [3.8, 4) is 11.6 Å². The van der Waals surface area contributed by atoms with Gasteiger partial charge in [-0.1, -0.05) is 23.9 Å². The third-order valence-corrected chi connectivity index (χ3v) is 8.34. The van der Waals surface area contributed by atoms with Gasteiger partial charge in [0.15, 0.2) is 17.3 Å². The Morgan fingerprint density at radius 3 is 2.62 bits per heavy atom. The van der Waals surface area contributed by atoms with Gasteiger partial charge in [0.2, 0.25) is 5.82 Å². The van der Waals surface area contributed by atoms with Crippen molar-refractivity contribution in [3.63, 3.8) is 0 Å². The summed E-state index contributed by atoms with van der Waals surface area (Å²) in [7, 11) is 1.93. The van der Waals surface area contributed by atoms with E-state index >= 15 is 0 Å². The van der Waals surface area contributed by atoms with Gasteiger partial charge in [0, 0.05) is 25.9 Å². The summed E-state index contributed by atoms with van der Waals surface area (Å²) in [5.41, 5.74) is 1.28. The molecule has 5 rings (SSSR count). The lowest BCUT2D eigenvalue weighted by molar-refractivity contribution is -0.137. The molecule has 2 aliphatic rings. The molecule has 1 aliphatic carbocycles. The number of likely N-dealkylation sites (tertiary alicyclic amines) is 1. The van der Waals surface area contributed by atoms with Crippen LogP contribution < -0.4 is 0 Å². The predicted octanol–water partition coefficient (Wildman–Crippen LogP) is 5.41. The van der Waals surface area contributed by atoms with E-state index in [1.807, 2.05) is 18.5 Å². The van der Waals surface area contributed by atoms with Crippen LogP contribution in [-0.4, -0.2) is 50.0 Å². The zero-order valence-electron chi connectivity index (χ0n) is 19.3. The Hall–Kier alpha value is -2.33. The lowest BCUT2D eigenvalue weighted by atomic mass is 9.86. The smallest absolute Gasteiger partial charge is 0.416 e. The predicted molar refractivity (Wildman–Crippen MR) is 123 cm³/mol. The number of hydrogen-bond donors (Lipinski definition) is 0. The van der Waals surface area contributed by atoms with Gasteiger partial charge >= 0.3 is 6.18 Å². The number of halogens is 3. The Balaban J connectivity index is 1.11. The molecule has 2 aromatic heterocycles.